The molecule has 0 radical (unpaired) electrons. The molecule has 3 rings (SSSR count). The Hall–Kier alpha value is -3.42. The normalized spacial score (nSPS) is 11.8. The van der Waals surface area contributed by atoms with Crippen LogP contribution in [0.15, 0.2) is 51.8 Å². The van der Waals surface area contributed by atoms with Crippen LogP contribution in [0.5, 0.6) is 5.75 Å². The van der Waals surface area contributed by atoms with Crippen LogP contribution in [-0.4, -0.2) is 28.0 Å². The first-order valence-electron chi connectivity index (χ1n) is 7.96. The number of nitrogens with zero attached hydrogens (tertiary/aromatic N) is 3. The van der Waals surface area contributed by atoms with E-state index in [1.54, 1.807) is 45.2 Å². The number of ether oxygens (including phenoxy) is 1. The Kier molecular flexibility index (Phi) is 4.83. The molecule has 1 amide bonds. The van der Waals surface area contributed by atoms with E-state index < -0.39 is 11.9 Å². The number of nitrogens with one attached hydrogen (secondary N) is 1. The summed E-state index contributed by atoms with van der Waals surface area (Å²) in [4.78, 5) is 24.6. The zero-order chi connectivity index (χ0) is 18.7. The van der Waals surface area contributed by atoms with E-state index >= 15 is 0 Å². The Labute approximate surface area is 149 Å². The monoisotopic (exact) mass is 354 g/mol. The average molecular weight is 354 g/mol. The molecule has 1 atom stereocenters. The van der Waals surface area contributed by atoms with Gasteiger partial charge < -0.3 is 9.26 Å². The maximum Gasteiger partial charge on any atom is 0.267 e. The van der Waals surface area contributed by atoms with Crippen molar-refractivity contribution >= 4 is 11.8 Å². The fraction of sp³-hybridized carbons (Fsp3) is 0.222. The van der Waals surface area contributed by atoms with Gasteiger partial charge in [0.05, 0.1) is 18.5 Å². The number of hydrogen-bond donors (Lipinski definition) is 1. The molecule has 0 aliphatic heterocycles. The summed E-state index contributed by atoms with van der Waals surface area (Å²) in [6.07, 6.45) is 0. The quantitative estimate of drug-likeness (QED) is 0.755. The van der Waals surface area contributed by atoms with Crippen LogP contribution in [0.4, 0.5) is 5.88 Å². The van der Waals surface area contributed by atoms with Gasteiger partial charge >= 0.3 is 0 Å². The lowest BCUT2D eigenvalue weighted by atomic mass is 10.1. The van der Waals surface area contributed by atoms with Crippen LogP contribution in [0, 0.1) is 6.92 Å². The first-order valence-corrected chi connectivity index (χ1v) is 7.96. The average Bonchev–Trinajstić information content (AvgIpc) is 3.06. The van der Waals surface area contributed by atoms with Gasteiger partial charge in [0.25, 0.3) is 11.5 Å². The minimum atomic E-state index is -0.828. The predicted molar refractivity (Wildman–Crippen MR) is 95.1 cm³/mol. The summed E-state index contributed by atoms with van der Waals surface area (Å²) in [5, 5.41) is 10.6. The number of carbonyl (C=O) groups excluding carboxylic acids is 1. The summed E-state index contributed by atoms with van der Waals surface area (Å²) < 4.78 is 11.2. The van der Waals surface area contributed by atoms with Crippen LogP contribution >= 0.6 is 0 Å². The Morgan fingerprint density at radius 2 is 1.96 bits per heavy atom. The largest absolute Gasteiger partial charge is 0.497 e. The SMILES string of the molecule is COc1ccc(-c2ccc(=O)n(C(C)C(=O)Nc3cc(C)no3)n2)cc1. The van der Waals surface area contributed by atoms with Gasteiger partial charge in [0, 0.05) is 17.7 Å². The lowest BCUT2D eigenvalue weighted by Crippen LogP contribution is -2.33. The first kappa shape index (κ1) is 17.4. The minimum absolute atomic E-state index is 0.221. The van der Waals surface area contributed by atoms with Gasteiger partial charge in [-0.3, -0.25) is 14.9 Å². The zero-order valence-electron chi connectivity index (χ0n) is 14.6. The Bertz CT molecular complexity index is 975. The van der Waals surface area contributed by atoms with Crippen molar-refractivity contribution in [2.24, 2.45) is 0 Å². The van der Waals surface area contributed by atoms with Gasteiger partial charge in [-0.15, -0.1) is 0 Å². The van der Waals surface area contributed by atoms with E-state index in [0.717, 1.165) is 16.0 Å². The number of hydrogen-bond acceptors (Lipinski definition) is 6. The third-order valence-corrected chi connectivity index (χ3v) is 3.83. The lowest BCUT2D eigenvalue weighted by molar-refractivity contribution is -0.119. The maximum atomic E-state index is 12.4. The van der Waals surface area contributed by atoms with E-state index in [1.807, 2.05) is 12.1 Å². The van der Waals surface area contributed by atoms with Crippen LogP contribution in [-0.2, 0) is 4.79 Å². The molecule has 8 nitrogen and oxygen atoms in total. The molecule has 2 aromatic heterocycles. The Morgan fingerprint density at radius 3 is 2.58 bits per heavy atom. The molecule has 8 heteroatoms. The van der Waals surface area contributed by atoms with E-state index in [0.29, 0.717) is 11.4 Å². The van der Waals surface area contributed by atoms with Crippen LogP contribution < -0.4 is 15.6 Å². The summed E-state index contributed by atoms with van der Waals surface area (Å²) in [5.74, 6) is 0.513. The van der Waals surface area contributed by atoms with Gasteiger partial charge in [-0.25, -0.2) is 4.68 Å². The van der Waals surface area contributed by atoms with Gasteiger partial charge in [0.1, 0.15) is 11.8 Å². The summed E-state index contributed by atoms with van der Waals surface area (Å²) in [6, 6.07) is 11.0. The first-order chi connectivity index (χ1) is 12.5. The van der Waals surface area contributed by atoms with Crippen LogP contribution in [0.25, 0.3) is 11.3 Å². The smallest absolute Gasteiger partial charge is 0.267 e. The standard InChI is InChI=1S/C18H18N4O4/c1-11-10-16(26-21-11)19-18(24)12(2)22-17(23)9-8-15(20-22)13-4-6-14(25-3)7-5-13/h4-10,12H,1-3H3,(H,19,24). The molecule has 134 valence electrons. The molecule has 0 saturated carbocycles. The number of benzene rings is 1. The van der Waals surface area contributed by atoms with Gasteiger partial charge in [-0.05, 0) is 44.2 Å². The highest BCUT2D eigenvalue weighted by Gasteiger charge is 2.19. The Morgan fingerprint density at radius 1 is 1.23 bits per heavy atom. The van der Waals surface area contributed by atoms with Crippen molar-refractivity contribution in [2.75, 3.05) is 12.4 Å². The summed E-state index contributed by atoms with van der Waals surface area (Å²) in [7, 11) is 1.59. The predicted octanol–water partition coefficient (Wildman–Crippen LogP) is 2.42. The number of carbonyl (C=O) groups is 1. The molecular weight excluding hydrogens is 336 g/mol. The van der Waals surface area contributed by atoms with Gasteiger partial charge in [0.15, 0.2) is 0 Å². The highest BCUT2D eigenvalue weighted by Crippen LogP contribution is 2.20. The van der Waals surface area contributed by atoms with Crippen molar-refractivity contribution in [1.29, 1.82) is 0 Å². The van der Waals surface area contributed by atoms with E-state index in [9.17, 15) is 9.59 Å². The number of amides is 1. The highest BCUT2D eigenvalue weighted by atomic mass is 16.5. The second-order valence-electron chi connectivity index (χ2n) is 5.73. The van der Waals surface area contributed by atoms with E-state index in [1.165, 1.54) is 6.07 Å². The minimum Gasteiger partial charge on any atom is -0.497 e. The number of aryl methyl sites for hydroxylation is 1. The fourth-order valence-corrected chi connectivity index (χ4v) is 2.38. The number of aromatic nitrogens is 3. The second-order valence-corrected chi connectivity index (χ2v) is 5.73. The molecule has 0 saturated heterocycles. The number of anilines is 1. The summed E-state index contributed by atoms with van der Waals surface area (Å²) >= 11 is 0. The molecule has 1 aromatic carbocycles. The molecule has 0 aliphatic rings. The van der Waals surface area contributed by atoms with Crippen molar-refractivity contribution in [3.8, 4) is 17.0 Å². The molecule has 1 unspecified atom stereocenters. The van der Waals surface area contributed by atoms with Gasteiger partial charge in [0.2, 0.25) is 5.88 Å². The summed E-state index contributed by atoms with van der Waals surface area (Å²) in [6.45, 7) is 3.33. The van der Waals surface area contributed by atoms with Crippen LogP contribution in [0.3, 0.4) is 0 Å². The lowest BCUT2D eigenvalue weighted by Gasteiger charge is -2.14. The van der Waals surface area contributed by atoms with Crippen molar-refractivity contribution in [3.63, 3.8) is 0 Å². The molecular formula is C18H18N4O4. The fourth-order valence-electron chi connectivity index (χ4n) is 2.38. The van der Waals surface area contributed by atoms with Gasteiger partial charge in [-0.2, -0.15) is 5.10 Å². The summed E-state index contributed by atoms with van der Waals surface area (Å²) in [5.41, 5.74) is 1.64. The molecule has 0 aliphatic carbocycles. The maximum absolute atomic E-state index is 12.4. The third-order valence-electron chi connectivity index (χ3n) is 3.83. The highest BCUT2D eigenvalue weighted by molar-refractivity contribution is 5.92. The molecule has 3 aromatic rings. The number of methoxy groups -OCH3 is 1. The number of rotatable bonds is 5. The van der Waals surface area contributed by atoms with Crippen molar-refractivity contribution in [2.45, 2.75) is 19.9 Å². The van der Waals surface area contributed by atoms with Crippen molar-refractivity contribution in [1.82, 2.24) is 14.9 Å². The molecule has 2 heterocycles. The topological polar surface area (TPSA) is 99.2 Å². The van der Waals surface area contributed by atoms with Gasteiger partial charge in [-0.1, -0.05) is 5.16 Å². The van der Waals surface area contributed by atoms with E-state index in [4.69, 9.17) is 9.26 Å². The van der Waals surface area contributed by atoms with Crippen molar-refractivity contribution < 1.29 is 14.1 Å². The second kappa shape index (κ2) is 7.22. The molecule has 0 spiro atoms. The van der Waals surface area contributed by atoms with Crippen LogP contribution in [0.1, 0.15) is 18.7 Å². The Balaban J connectivity index is 1.86. The van der Waals surface area contributed by atoms with E-state index in [-0.39, 0.29) is 11.4 Å². The molecule has 1 N–H and O–H groups in total. The molecule has 0 bridgehead atoms. The van der Waals surface area contributed by atoms with Crippen LogP contribution in [0.2, 0.25) is 0 Å². The molecule has 0 fully saturated rings. The third kappa shape index (κ3) is 3.64. The van der Waals surface area contributed by atoms with E-state index in [2.05, 4.69) is 15.6 Å². The molecule has 26 heavy (non-hydrogen) atoms. The zero-order valence-corrected chi connectivity index (χ0v) is 14.6. The van der Waals surface area contributed by atoms with Crippen molar-refractivity contribution in [3.05, 3.63) is 58.5 Å².